The molecule has 0 unspecified atom stereocenters. The van der Waals surface area contributed by atoms with Crippen LogP contribution in [0.15, 0.2) is 42.5 Å². The number of hydrogen-bond acceptors (Lipinski definition) is 5. The molecule has 29 heavy (non-hydrogen) atoms. The number of carboxylic acids is 1. The van der Waals surface area contributed by atoms with Crippen LogP contribution in [0.25, 0.3) is 21.9 Å². The van der Waals surface area contributed by atoms with Crippen LogP contribution in [0.3, 0.4) is 0 Å². The predicted octanol–water partition coefficient (Wildman–Crippen LogP) is 5.89. The molecule has 6 heteroatoms. The van der Waals surface area contributed by atoms with Crippen LogP contribution in [0.1, 0.15) is 43.7 Å². The summed E-state index contributed by atoms with van der Waals surface area (Å²) in [5.41, 5.74) is 2.39. The molecule has 0 saturated heterocycles. The number of aromatic nitrogens is 1. The molecule has 0 aliphatic heterocycles. The first-order chi connectivity index (χ1) is 14.1. The first-order valence-corrected chi connectivity index (χ1v) is 10.6. The summed E-state index contributed by atoms with van der Waals surface area (Å²) in [4.78, 5) is 16.1. The normalized spacial score (nSPS) is 11.6. The fraction of sp³-hybridized carbons (Fsp3) is 0.304. The van der Waals surface area contributed by atoms with Crippen molar-refractivity contribution in [2.75, 3.05) is 13.2 Å². The summed E-state index contributed by atoms with van der Waals surface area (Å²) in [5, 5.41) is 10.1. The van der Waals surface area contributed by atoms with Gasteiger partial charge in [-0.05, 0) is 54.8 Å². The maximum Gasteiger partial charge on any atom is 0.307 e. The molecule has 0 spiro atoms. The third-order valence-corrected chi connectivity index (χ3v) is 5.39. The number of para-hydroxylation sites is 1. The van der Waals surface area contributed by atoms with E-state index in [1.54, 1.807) is 0 Å². The highest BCUT2D eigenvalue weighted by Gasteiger charge is 2.14. The molecule has 0 saturated carbocycles. The quantitative estimate of drug-likeness (QED) is 0.421. The van der Waals surface area contributed by atoms with Crippen LogP contribution in [0.5, 0.6) is 11.5 Å². The number of nitrogens with zero attached hydrogens (tertiary/aromatic N) is 1. The molecule has 5 nitrogen and oxygen atoms in total. The molecule has 152 valence electrons. The van der Waals surface area contributed by atoms with Crippen LogP contribution in [0, 0.1) is 0 Å². The number of ether oxygens (including phenoxy) is 2. The maximum atomic E-state index is 11.5. The van der Waals surface area contributed by atoms with E-state index in [2.05, 4.69) is 11.9 Å². The smallest absolute Gasteiger partial charge is 0.307 e. The summed E-state index contributed by atoms with van der Waals surface area (Å²) >= 11 is 1.50. The SMILES string of the molecule is CCCCOc1ccc(C=C(CC(=O)O)c2nc3ccccc3s2)cc1OCC. The van der Waals surface area contributed by atoms with Crippen molar-refractivity contribution in [3.05, 3.63) is 53.0 Å². The van der Waals surface area contributed by atoms with Crippen molar-refractivity contribution in [1.29, 1.82) is 0 Å². The minimum atomic E-state index is -0.889. The molecule has 0 amide bonds. The van der Waals surface area contributed by atoms with Crippen molar-refractivity contribution in [3.8, 4) is 11.5 Å². The van der Waals surface area contributed by atoms with E-state index in [1.807, 2.05) is 55.5 Å². The van der Waals surface area contributed by atoms with Crippen molar-refractivity contribution in [2.24, 2.45) is 0 Å². The van der Waals surface area contributed by atoms with Gasteiger partial charge in [0.25, 0.3) is 0 Å². The van der Waals surface area contributed by atoms with Gasteiger partial charge in [0.15, 0.2) is 11.5 Å². The first-order valence-electron chi connectivity index (χ1n) is 9.78. The summed E-state index contributed by atoms with van der Waals surface area (Å²) in [6.45, 7) is 5.21. The second-order valence-electron chi connectivity index (χ2n) is 6.57. The molecule has 0 atom stereocenters. The number of unbranched alkanes of at least 4 members (excludes halogenated alkanes) is 1. The zero-order valence-corrected chi connectivity index (χ0v) is 17.5. The average molecular weight is 412 g/mol. The van der Waals surface area contributed by atoms with E-state index >= 15 is 0 Å². The third kappa shape index (κ3) is 5.57. The average Bonchev–Trinajstić information content (AvgIpc) is 3.13. The van der Waals surface area contributed by atoms with Gasteiger partial charge in [0.1, 0.15) is 5.01 Å². The van der Waals surface area contributed by atoms with E-state index in [9.17, 15) is 9.90 Å². The topological polar surface area (TPSA) is 68.7 Å². The molecule has 0 radical (unpaired) electrons. The molecule has 0 bridgehead atoms. The van der Waals surface area contributed by atoms with Crippen LogP contribution < -0.4 is 9.47 Å². The van der Waals surface area contributed by atoms with Gasteiger partial charge in [-0.25, -0.2) is 4.98 Å². The highest BCUT2D eigenvalue weighted by molar-refractivity contribution is 7.19. The van der Waals surface area contributed by atoms with Crippen molar-refractivity contribution >= 4 is 39.2 Å². The fourth-order valence-corrected chi connectivity index (χ4v) is 3.87. The zero-order valence-electron chi connectivity index (χ0n) is 16.7. The van der Waals surface area contributed by atoms with Gasteiger partial charge >= 0.3 is 5.97 Å². The van der Waals surface area contributed by atoms with Gasteiger partial charge in [-0.2, -0.15) is 0 Å². The number of rotatable bonds is 10. The van der Waals surface area contributed by atoms with E-state index in [-0.39, 0.29) is 6.42 Å². The number of thiazole rings is 1. The Hall–Kier alpha value is -2.86. The number of hydrogen-bond donors (Lipinski definition) is 1. The van der Waals surface area contributed by atoms with Gasteiger partial charge < -0.3 is 14.6 Å². The molecule has 1 N–H and O–H groups in total. The molecule has 0 fully saturated rings. The van der Waals surface area contributed by atoms with Crippen molar-refractivity contribution in [2.45, 2.75) is 33.1 Å². The molecule has 0 aliphatic rings. The Labute approximate surface area is 174 Å². The lowest BCUT2D eigenvalue weighted by Gasteiger charge is -2.12. The van der Waals surface area contributed by atoms with Gasteiger partial charge in [-0.1, -0.05) is 31.5 Å². The maximum absolute atomic E-state index is 11.5. The first kappa shape index (κ1) is 20.9. The van der Waals surface area contributed by atoms with Gasteiger partial charge in [0.2, 0.25) is 0 Å². The Morgan fingerprint density at radius 3 is 2.69 bits per heavy atom. The Morgan fingerprint density at radius 1 is 1.14 bits per heavy atom. The van der Waals surface area contributed by atoms with Gasteiger partial charge in [-0.15, -0.1) is 11.3 Å². The van der Waals surface area contributed by atoms with E-state index in [0.717, 1.165) is 33.6 Å². The van der Waals surface area contributed by atoms with Crippen LogP contribution in [0.2, 0.25) is 0 Å². The fourth-order valence-electron chi connectivity index (χ4n) is 2.89. The number of carbonyl (C=O) groups is 1. The molecule has 0 aliphatic carbocycles. The Kier molecular flexibility index (Phi) is 7.25. The molecular formula is C23H25NO4S. The number of benzene rings is 2. The molecule has 3 rings (SSSR count). The van der Waals surface area contributed by atoms with Crippen LogP contribution in [-0.2, 0) is 4.79 Å². The summed E-state index contributed by atoms with van der Waals surface area (Å²) in [7, 11) is 0. The molecule has 1 heterocycles. The Bertz CT molecular complexity index is 976. The molecule has 3 aromatic rings. The Morgan fingerprint density at radius 2 is 1.97 bits per heavy atom. The highest BCUT2D eigenvalue weighted by Crippen LogP contribution is 2.33. The molecule has 1 aromatic heterocycles. The molecular weight excluding hydrogens is 386 g/mol. The minimum absolute atomic E-state index is 0.0987. The largest absolute Gasteiger partial charge is 0.490 e. The van der Waals surface area contributed by atoms with E-state index in [1.165, 1.54) is 11.3 Å². The van der Waals surface area contributed by atoms with Crippen molar-refractivity contribution in [3.63, 3.8) is 0 Å². The number of carboxylic acid groups (broad SMARTS) is 1. The van der Waals surface area contributed by atoms with E-state index in [4.69, 9.17) is 9.47 Å². The zero-order chi connectivity index (χ0) is 20.6. The second-order valence-corrected chi connectivity index (χ2v) is 7.60. The lowest BCUT2D eigenvalue weighted by molar-refractivity contribution is -0.135. The lowest BCUT2D eigenvalue weighted by Crippen LogP contribution is -2.01. The standard InChI is InChI=1S/C23H25NO4S/c1-3-5-12-28-19-11-10-16(14-20(19)27-4-2)13-17(15-22(25)26)23-24-18-8-6-7-9-21(18)29-23/h6-11,13-14H,3-5,12,15H2,1-2H3,(H,25,26). The summed E-state index contributed by atoms with van der Waals surface area (Å²) < 4.78 is 12.6. The van der Waals surface area contributed by atoms with Crippen LogP contribution in [-0.4, -0.2) is 29.3 Å². The summed E-state index contributed by atoms with van der Waals surface area (Å²) in [6.07, 6.45) is 3.81. The minimum Gasteiger partial charge on any atom is -0.490 e. The summed E-state index contributed by atoms with van der Waals surface area (Å²) in [6, 6.07) is 13.5. The van der Waals surface area contributed by atoms with E-state index in [0.29, 0.717) is 30.3 Å². The van der Waals surface area contributed by atoms with Crippen LogP contribution >= 0.6 is 11.3 Å². The van der Waals surface area contributed by atoms with Crippen molar-refractivity contribution in [1.82, 2.24) is 4.98 Å². The number of aliphatic carboxylic acids is 1. The van der Waals surface area contributed by atoms with Crippen LogP contribution in [0.4, 0.5) is 0 Å². The monoisotopic (exact) mass is 411 g/mol. The van der Waals surface area contributed by atoms with Crippen molar-refractivity contribution < 1.29 is 19.4 Å². The Balaban J connectivity index is 1.95. The van der Waals surface area contributed by atoms with Gasteiger partial charge in [0.05, 0.1) is 29.9 Å². The number of fused-ring (bicyclic) bond motifs is 1. The van der Waals surface area contributed by atoms with Gasteiger partial charge in [0, 0.05) is 0 Å². The van der Waals surface area contributed by atoms with Gasteiger partial charge in [-0.3, -0.25) is 4.79 Å². The van der Waals surface area contributed by atoms with E-state index < -0.39 is 5.97 Å². The molecule has 2 aromatic carbocycles. The highest BCUT2D eigenvalue weighted by atomic mass is 32.1. The lowest BCUT2D eigenvalue weighted by atomic mass is 10.1. The second kappa shape index (κ2) is 10.1. The third-order valence-electron chi connectivity index (χ3n) is 4.27. The predicted molar refractivity (Wildman–Crippen MR) is 118 cm³/mol. The summed E-state index contributed by atoms with van der Waals surface area (Å²) in [5.74, 6) is 0.480.